The first-order chi connectivity index (χ1) is 12.1. The van der Waals surface area contributed by atoms with E-state index in [1.54, 1.807) is 7.11 Å². The largest absolute Gasteiger partial charge is 0.441 e. The molecule has 3 saturated heterocycles. The summed E-state index contributed by atoms with van der Waals surface area (Å²) in [7, 11) is 3.78. The van der Waals surface area contributed by atoms with Crippen molar-refractivity contribution in [3.8, 4) is 0 Å². The van der Waals surface area contributed by atoms with Crippen molar-refractivity contribution in [2.75, 3.05) is 73.1 Å². The third-order valence-electron chi connectivity index (χ3n) is 5.97. The molecule has 0 aromatic heterocycles. The second-order valence-corrected chi connectivity index (χ2v) is 7.80. The predicted molar refractivity (Wildman–Crippen MR) is 96.9 cm³/mol. The van der Waals surface area contributed by atoms with Gasteiger partial charge in [0.2, 0.25) is 0 Å². The van der Waals surface area contributed by atoms with E-state index in [2.05, 4.69) is 22.2 Å². The van der Waals surface area contributed by atoms with Crippen LogP contribution >= 0.6 is 0 Å². The standard InChI is InChI=1S/C18H34N4O3/c1-20(12-13-24-2)10-11-22-15-18(25-17(22)23)5-8-21(9-6-18)16-4-3-7-19-14-16/h16,19H,3-15H2,1-2H3/t16-/m1/s1. The number of amides is 1. The average molecular weight is 354 g/mol. The zero-order chi connectivity index (χ0) is 17.7. The average Bonchev–Trinajstić information content (AvgIpc) is 2.94. The third kappa shape index (κ3) is 4.84. The zero-order valence-electron chi connectivity index (χ0n) is 15.8. The molecule has 3 rings (SSSR count). The van der Waals surface area contributed by atoms with E-state index < -0.39 is 0 Å². The minimum Gasteiger partial charge on any atom is -0.441 e. The van der Waals surface area contributed by atoms with E-state index in [4.69, 9.17) is 9.47 Å². The minimum atomic E-state index is -0.249. The molecule has 1 amide bonds. The summed E-state index contributed by atoms with van der Waals surface area (Å²) in [6, 6.07) is 0.661. The maximum Gasteiger partial charge on any atom is 0.410 e. The van der Waals surface area contributed by atoms with Gasteiger partial charge in [0.05, 0.1) is 13.2 Å². The number of hydrogen-bond acceptors (Lipinski definition) is 6. The number of rotatable bonds is 7. The van der Waals surface area contributed by atoms with E-state index in [1.807, 2.05) is 4.90 Å². The molecule has 1 spiro atoms. The second kappa shape index (κ2) is 8.66. The van der Waals surface area contributed by atoms with E-state index in [0.29, 0.717) is 6.04 Å². The highest BCUT2D eigenvalue weighted by Crippen LogP contribution is 2.34. The van der Waals surface area contributed by atoms with Crippen molar-refractivity contribution in [1.29, 1.82) is 0 Å². The molecule has 0 aliphatic carbocycles. The Morgan fingerprint density at radius 2 is 2.16 bits per heavy atom. The van der Waals surface area contributed by atoms with Gasteiger partial charge in [-0.2, -0.15) is 0 Å². The summed E-state index contributed by atoms with van der Waals surface area (Å²) in [5, 5.41) is 3.50. The van der Waals surface area contributed by atoms with Crippen LogP contribution in [-0.2, 0) is 9.47 Å². The lowest BCUT2D eigenvalue weighted by Crippen LogP contribution is -2.53. The summed E-state index contributed by atoms with van der Waals surface area (Å²) in [4.78, 5) is 19.0. The van der Waals surface area contributed by atoms with Gasteiger partial charge in [0, 0.05) is 65.3 Å². The zero-order valence-corrected chi connectivity index (χ0v) is 15.8. The first-order valence-corrected chi connectivity index (χ1v) is 9.72. The fourth-order valence-electron chi connectivity index (χ4n) is 4.22. The summed E-state index contributed by atoms with van der Waals surface area (Å²) in [6.45, 7) is 8.28. The molecule has 0 unspecified atom stereocenters. The maximum absolute atomic E-state index is 12.3. The third-order valence-corrected chi connectivity index (χ3v) is 5.97. The number of ether oxygens (including phenoxy) is 2. The molecule has 0 bridgehead atoms. The number of likely N-dealkylation sites (tertiary alicyclic amines) is 1. The topological polar surface area (TPSA) is 57.3 Å². The smallest absolute Gasteiger partial charge is 0.410 e. The van der Waals surface area contributed by atoms with Crippen molar-refractivity contribution >= 4 is 6.09 Å². The van der Waals surface area contributed by atoms with Crippen LogP contribution in [0.3, 0.4) is 0 Å². The lowest BCUT2D eigenvalue weighted by molar-refractivity contribution is -0.0127. The van der Waals surface area contributed by atoms with E-state index in [-0.39, 0.29) is 11.7 Å². The van der Waals surface area contributed by atoms with Crippen LogP contribution in [0.1, 0.15) is 25.7 Å². The molecular formula is C18H34N4O3. The van der Waals surface area contributed by atoms with E-state index in [9.17, 15) is 4.79 Å². The molecule has 25 heavy (non-hydrogen) atoms. The first-order valence-electron chi connectivity index (χ1n) is 9.72. The summed E-state index contributed by atoms with van der Waals surface area (Å²) < 4.78 is 11.0. The van der Waals surface area contributed by atoms with Gasteiger partial charge in [0.25, 0.3) is 0 Å². The van der Waals surface area contributed by atoms with Crippen LogP contribution in [0.25, 0.3) is 0 Å². The number of nitrogens with one attached hydrogen (secondary N) is 1. The Kier molecular flexibility index (Phi) is 6.55. The summed E-state index contributed by atoms with van der Waals surface area (Å²) in [5.74, 6) is 0. The fourth-order valence-corrected chi connectivity index (χ4v) is 4.22. The summed E-state index contributed by atoms with van der Waals surface area (Å²) in [6.07, 6.45) is 4.36. The lowest BCUT2D eigenvalue weighted by atomic mass is 9.89. The highest BCUT2D eigenvalue weighted by Gasteiger charge is 2.47. The molecule has 3 aliphatic rings. The Labute approximate surface area is 151 Å². The summed E-state index contributed by atoms with van der Waals surface area (Å²) >= 11 is 0. The molecule has 0 radical (unpaired) electrons. The van der Waals surface area contributed by atoms with Gasteiger partial charge in [-0.25, -0.2) is 4.79 Å². The van der Waals surface area contributed by atoms with Gasteiger partial charge in [-0.05, 0) is 26.4 Å². The van der Waals surface area contributed by atoms with Crippen molar-refractivity contribution in [3.63, 3.8) is 0 Å². The molecule has 3 fully saturated rings. The number of piperidine rings is 2. The molecule has 1 atom stereocenters. The van der Waals surface area contributed by atoms with Crippen LogP contribution in [0, 0.1) is 0 Å². The molecule has 0 aromatic rings. The predicted octanol–water partition coefficient (Wildman–Crippen LogP) is 0.603. The van der Waals surface area contributed by atoms with Crippen molar-refractivity contribution in [2.24, 2.45) is 0 Å². The molecule has 7 heteroatoms. The lowest BCUT2D eigenvalue weighted by Gasteiger charge is -2.42. The molecule has 0 saturated carbocycles. The van der Waals surface area contributed by atoms with Gasteiger partial charge in [0.15, 0.2) is 0 Å². The maximum atomic E-state index is 12.3. The Bertz CT molecular complexity index is 434. The summed E-state index contributed by atoms with van der Waals surface area (Å²) in [5.41, 5.74) is -0.249. The van der Waals surface area contributed by atoms with Crippen LogP contribution < -0.4 is 5.32 Å². The Morgan fingerprint density at radius 3 is 2.84 bits per heavy atom. The molecule has 0 aromatic carbocycles. The van der Waals surface area contributed by atoms with Crippen LogP contribution in [-0.4, -0.2) is 106 Å². The highest BCUT2D eigenvalue weighted by atomic mass is 16.6. The number of methoxy groups -OCH3 is 1. The number of carbonyl (C=O) groups is 1. The van der Waals surface area contributed by atoms with Gasteiger partial charge in [0.1, 0.15) is 5.60 Å². The number of carbonyl (C=O) groups excluding carboxylic acids is 1. The van der Waals surface area contributed by atoms with Gasteiger partial charge in [-0.15, -0.1) is 0 Å². The van der Waals surface area contributed by atoms with Crippen LogP contribution in [0.2, 0.25) is 0 Å². The second-order valence-electron chi connectivity index (χ2n) is 7.80. The minimum absolute atomic E-state index is 0.132. The quantitative estimate of drug-likeness (QED) is 0.723. The fraction of sp³-hybridized carbons (Fsp3) is 0.944. The van der Waals surface area contributed by atoms with Crippen molar-refractivity contribution < 1.29 is 14.3 Å². The van der Waals surface area contributed by atoms with E-state index in [1.165, 1.54) is 12.8 Å². The number of nitrogens with zero attached hydrogens (tertiary/aromatic N) is 3. The normalized spacial score (nSPS) is 27.2. The van der Waals surface area contributed by atoms with Crippen molar-refractivity contribution in [3.05, 3.63) is 0 Å². The van der Waals surface area contributed by atoms with E-state index in [0.717, 1.165) is 71.8 Å². The van der Waals surface area contributed by atoms with Crippen LogP contribution in [0.5, 0.6) is 0 Å². The number of hydrogen-bond donors (Lipinski definition) is 1. The molecule has 1 N–H and O–H groups in total. The molecule has 144 valence electrons. The molecule has 3 aliphatic heterocycles. The Hall–Kier alpha value is -0.890. The SMILES string of the molecule is COCCN(C)CCN1CC2(CCN([C@@H]3CCCNC3)CC2)OC1=O. The molecular weight excluding hydrogens is 320 g/mol. The molecule has 7 nitrogen and oxygen atoms in total. The van der Waals surface area contributed by atoms with Gasteiger partial charge >= 0.3 is 6.09 Å². The molecule has 3 heterocycles. The number of likely N-dealkylation sites (N-methyl/N-ethyl adjacent to an activating group) is 1. The van der Waals surface area contributed by atoms with Crippen molar-refractivity contribution in [1.82, 2.24) is 20.0 Å². The monoisotopic (exact) mass is 354 g/mol. The van der Waals surface area contributed by atoms with Crippen LogP contribution in [0.4, 0.5) is 4.79 Å². The van der Waals surface area contributed by atoms with Gasteiger partial charge < -0.3 is 24.6 Å². The van der Waals surface area contributed by atoms with E-state index >= 15 is 0 Å². The van der Waals surface area contributed by atoms with Gasteiger partial charge in [-0.1, -0.05) is 0 Å². The van der Waals surface area contributed by atoms with Crippen LogP contribution in [0.15, 0.2) is 0 Å². The van der Waals surface area contributed by atoms with Crippen molar-refractivity contribution in [2.45, 2.75) is 37.3 Å². The Morgan fingerprint density at radius 1 is 1.36 bits per heavy atom. The van der Waals surface area contributed by atoms with Gasteiger partial charge in [-0.3, -0.25) is 4.90 Å². The Balaban J connectivity index is 1.44. The first kappa shape index (κ1) is 18.9. The highest BCUT2D eigenvalue weighted by molar-refractivity contribution is 5.70.